The van der Waals surface area contributed by atoms with Crippen molar-refractivity contribution in [2.24, 2.45) is 0 Å². The number of hydrogen-bond acceptors (Lipinski definition) is 3. The van der Waals surface area contributed by atoms with Gasteiger partial charge in [-0.05, 0) is 35.9 Å². The third-order valence-corrected chi connectivity index (χ3v) is 3.95. The van der Waals surface area contributed by atoms with E-state index in [0.29, 0.717) is 10.5 Å². The minimum absolute atomic E-state index is 0.148. The Morgan fingerprint density at radius 3 is 2.38 bits per heavy atom. The average Bonchev–Trinajstić information content (AvgIpc) is 2.90. The van der Waals surface area contributed by atoms with Gasteiger partial charge in [-0.2, -0.15) is 13.2 Å². The van der Waals surface area contributed by atoms with E-state index in [9.17, 15) is 31.9 Å². The Kier molecular flexibility index (Phi) is 5.35. The second-order valence-electron chi connectivity index (χ2n) is 6.02. The van der Waals surface area contributed by atoms with Crippen LogP contribution in [0.4, 0.5) is 28.0 Å². The van der Waals surface area contributed by atoms with Gasteiger partial charge in [0.2, 0.25) is 5.91 Å². The van der Waals surface area contributed by atoms with E-state index in [-0.39, 0.29) is 5.70 Å². The molecular weight excluding hydrogens is 394 g/mol. The van der Waals surface area contributed by atoms with Crippen LogP contribution in [-0.4, -0.2) is 29.3 Å². The number of para-hydroxylation sites is 1. The van der Waals surface area contributed by atoms with E-state index in [1.54, 1.807) is 0 Å². The van der Waals surface area contributed by atoms with Crippen LogP contribution in [0.25, 0.3) is 6.08 Å². The summed E-state index contributed by atoms with van der Waals surface area (Å²) < 4.78 is 51.9. The summed E-state index contributed by atoms with van der Waals surface area (Å²) in [7, 11) is 0. The molecule has 3 rings (SSSR count). The minimum atomic E-state index is -4.68. The fraction of sp³-hybridized carbons (Fsp3) is 0.105. The van der Waals surface area contributed by atoms with Crippen molar-refractivity contribution in [3.8, 4) is 0 Å². The number of hydrogen-bond donors (Lipinski definition) is 2. The van der Waals surface area contributed by atoms with Gasteiger partial charge in [0, 0.05) is 0 Å². The molecule has 0 bridgehead atoms. The number of amides is 4. The van der Waals surface area contributed by atoms with Crippen LogP contribution in [0.3, 0.4) is 0 Å². The molecule has 1 fully saturated rings. The van der Waals surface area contributed by atoms with Gasteiger partial charge in [-0.3, -0.25) is 9.59 Å². The quantitative estimate of drug-likeness (QED) is 0.464. The Morgan fingerprint density at radius 1 is 1.07 bits per heavy atom. The van der Waals surface area contributed by atoms with E-state index in [2.05, 4.69) is 10.6 Å². The summed E-state index contributed by atoms with van der Waals surface area (Å²) in [5.74, 6) is -2.29. The summed E-state index contributed by atoms with van der Waals surface area (Å²) in [6.45, 7) is -0.780. The SMILES string of the molecule is O=C(CN1C(=O)NC(=Cc2ccc(F)cc2)C1=O)Nc1ccccc1C(F)(F)F. The van der Waals surface area contributed by atoms with Crippen LogP contribution in [0.5, 0.6) is 0 Å². The number of urea groups is 1. The number of nitrogens with zero attached hydrogens (tertiary/aromatic N) is 1. The molecule has 1 saturated heterocycles. The third-order valence-electron chi connectivity index (χ3n) is 3.95. The summed E-state index contributed by atoms with van der Waals surface area (Å²) in [5.41, 5.74) is -1.26. The van der Waals surface area contributed by atoms with Crippen molar-refractivity contribution in [1.29, 1.82) is 0 Å². The Bertz CT molecular complexity index is 1000. The highest BCUT2D eigenvalue weighted by Crippen LogP contribution is 2.34. The van der Waals surface area contributed by atoms with Crippen molar-refractivity contribution in [2.75, 3.05) is 11.9 Å². The van der Waals surface area contributed by atoms with Crippen molar-refractivity contribution < 1.29 is 31.9 Å². The molecule has 4 amide bonds. The first-order valence-corrected chi connectivity index (χ1v) is 8.21. The van der Waals surface area contributed by atoms with Gasteiger partial charge >= 0.3 is 12.2 Å². The molecule has 1 aliphatic heterocycles. The second-order valence-corrected chi connectivity index (χ2v) is 6.02. The predicted molar refractivity (Wildman–Crippen MR) is 94.7 cm³/mol. The average molecular weight is 407 g/mol. The molecule has 0 aromatic heterocycles. The van der Waals surface area contributed by atoms with E-state index in [4.69, 9.17) is 0 Å². The van der Waals surface area contributed by atoms with Crippen molar-refractivity contribution in [3.05, 3.63) is 71.2 Å². The number of nitrogens with one attached hydrogen (secondary N) is 2. The summed E-state index contributed by atoms with van der Waals surface area (Å²) in [4.78, 5) is 37.0. The lowest BCUT2D eigenvalue weighted by Crippen LogP contribution is -2.38. The number of alkyl halides is 3. The minimum Gasteiger partial charge on any atom is -0.324 e. The molecule has 150 valence electrons. The van der Waals surface area contributed by atoms with Gasteiger partial charge in [-0.1, -0.05) is 24.3 Å². The van der Waals surface area contributed by atoms with Gasteiger partial charge < -0.3 is 10.6 Å². The zero-order valence-corrected chi connectivity index (χ0v) is 14.6. The van der Waals surface area contributed by atoms with Gasteiger partial charge in [0.05, 0.1) is 11.3 Å². The van der Waals surface area contributed by atoms with Crippen molar-refractivity contribution in [1.82, 2.24) is 10.2 Å². The van der Waals surface area contributed by atoms with Crippen molar-refractivity contribution in [3.63, 3.8) is 0 Å². The standard InChI is InChI=1S/C19H13F4N3O3/c20-12-7-5-11(6-8-12)9-15-17(28)26(18(29)25-15)10-16(27)24-14-4-2-1-3-13(14)19(21,22)23/h1-9H,10H2,(H,24,27)(H,25,29). The lowest BCUT2D eigenvalue weighted by molar-refractivity contribution is -0.137. The van der Waals surface area contributed by atoms with E-state index >= 15 is 0 Å². The Hall–Kier alpha value is -3.69. The zero-order valence-electron chi connectivity index (χ0n) is 14.6. The molecule has 2 N–H and O–H groups in total. The molecule has 2 aromatic rings. The van der Waals surface area contributed by atoms with E-state index in [0.717, 1.165) is 24.3 Å². The van der Waals surface area contributed by atoms with E-state index in [1.807, 2.05) is 0 Å². The number of carbonyl (C=O) groups is 3. The number of imide groups is 1. The van der Waals surface area contributed by atoms with Gasteiger partial charge in [0.25, 0.3) is 5.91 Å². The first-order valence-electron chi connectivity index (χ1n) is 8.21. The van der Waals surface area contributed by atoms with Crippen molar-refractivity contribution in [2.45, 2.75) is 6.18 Å². The number of anilines is 1. The van der Waals surface area contributed by atoms with Gasteiger partial charge in [-0.25, -0.2) is 14.1 Å². The van der Waals surface area contributed by atoms with E-state index in [1.165, 1.54) is 30.3 Å². The van der Waals surface area contributed by atoms with Gasteiger partial charge in [-0.15, -0.1) is 0 Å². The molecular formula is C19H13F4N3O3. The first-order chi connectivity index (χ1) is 13.6. The fourth-order valence-corrected chi connectivity index (χ4v) is 2.61. The molecule has 6 nitrogen and oxygen atoms in total. The monoisotopic (exact) mass is 407 g/mol. The highest BCUT2D eigenvalue weighted by atomic mass is 19.4. The first kappa shape index (κ1) is 20.1. The molecule has 0 atom stereocenters. The molecule has 1 heterocycles. The molecule has 10 heteroatoms. The summed E-state index contributed by atoms with van der Waals surface area (Å²) in [6, 6.07) is 8.52. The molecule has 1 aliphatic rings. The second kappa shape index (κ2) is 7.74. The number of carbonyl (C=O) groups excluding carboxylic acids is 3. The largest absolute Gasteiger partial charge is 0.418 e. The lowest BCUT2D eigenvalue weighted by atomic mass is 10.1. The number of rotatable bonds is 4. The van der Waals surface area contributed by atoms with Crippen LogP contribution < -0.4 is 10.6 Å². The fourth-order valence-electron chi connectivity index (χ4n) is 2.61. The van der Waals surface area contributed by atoms with Gasteiger partial charge in [0.15, 0.2) is 0 Å². The number of halogens is 4. The van der Waals surface area contributed by atoms with Crippen LogP contribution in [0, 0.1) is 5.82 Å². The maximum Gasteiger partial charge on any atom is 0.418 e. The third kappa shape index (κ3) is 4.60. The predicted octanol–water partition coefficient (Wildman–Crippen LogP) is 3.38. The van der Waals surface area contributed by atoms with Crippen molar-refractivity contribution >= 4 is 29.6 Å². The maximum atomic E-state index is 13.0. The van der Waals surface area contributed by atoms with Crippen LogP contribution in [0.15, 0.2) is 54.2 Å². The Labute approximate surface area is 161 Å². The van der Waals surface area contributed by atoms with Crippen LogP contribution in [-0.2, 0) is 15.8 Å². The Balaban J connectivity index is 1.72. The molecule has 2 aromatic carbocycles. The van der Waals surface area contributed by atoms with Crippen LogP contribution in [0.1, 0.15) is 11.1 Å². The molecule has 0 saturated carbocycles. The molecule has 0 spiro atoms. The molecule has 29 heavy (non-hydrogen) atoms. The number of benzene rings is 2. The lowest BCUT2D eigenvalue weighted by Gasteiger charge is -2.15. The van der Waals surface area contributed by atoms with E-state index < -0.39 is 47.6 Å². The maximum absolute atomic E-state index is 13.0. The topological polar surface area (TPSA) is 78.5 Å². The summed E-state index contributed by atoms with van der Waals surface area (Å²) in [5, 5.41) is 4.33. The normalized spacial score (nSPS) is 15.6. The van der Waals surface area contributed by atoms with Crippen LogP contribution in [0.2, 0.25) is 0 Å². The molecule has 0 radical (unpaired) electrons. The summed E-state index contributed by atoms with van der Waals surface area (Å²) in [6.07, 6.45) is -3.40. The zero-order chi connectivity index (χ0) is 21.2. The molecule has 0 unspecified atom stereocenters. The Morgan fingerprint density at radius 2 is 1.72 bits per heavy atom. The molecule has 0 aliphatic carbocycles. The van der Waals surface area contributed by atoms with Crippen LogP contribution >= 0.6 is 0 Å². The van der Waals surface area contributed by atoms with Gasteiger partial charge in [0.1, 0.15) is 18.1 Å². The smallest absolute Gasteiger partial charge is 0.324 e. The highest BCUT2D eigenvalue weighted by molar-refractivity contribution is 6.15. The summed E-state index contributed by atoms with van der Waals surface area (Å²) >= 11 is 0. The highest BCUT2D eigenvalue weighted by Gasteiger charge is 2.36.